The molecular formula is C18H22N4O3. The molecule has 1 aliphatic rings. The second kappa shape index (κ2) is 6.58. The van der Waals surface area contributed by atoms with Gasteiger partial charge < -0.3 is 14.9 Å². The quantitative estimate of drug-likeness (QED) is 0.920. The first-order valence-electron chi connectivity index (χ1n) is 8.26. The topological polar surface area (TPSA) is 78.7 Å². The first-order valence-corrected chi connectivity index (χ1v) is 8.26. The first kappa shape index (κ1) is 17.0. The van der Waals surface area contributed by atoms with Crippen molar-refractivity contribution in [2.45, 2.75) is 19.9 Å². The number of carbonyl (C=O) groups is 2. The molecule has 2 heterocycles. The molecule has 1 fully saturated rings. The highest BCUT2D eigenvalue weighted by Gasteiger charge is 2.31. The lowest BCUT2D eigenvalue weighted by molar-refractivity contribution is 0.0662. The van der Waals surface area contributed by atoms with Gasteiger partial charge in [0.1, 0.15) is 11.3 Å². The summed E-state index contributed by atoms with van der Waals surface area (Å²) in [7, 11) is 1.59. The van der Waals surface area contributed by atoms with Gasteiger partial charge in [-0.05, 0) is 31.5 Å². The van der Waals surface area contributed by atoms with Gasteiger partial charge in [-0.3, -0.25) is 9.48 Å². The predicted molar refractivity (Wildman–Crippen MR) is 94.1 cm³/mol. The minimum absolute atomic E-state index is 0.0544. The third-order valence-corrected chi connectivity index (χ3v) is 4.62. The molecule has 3 rings (SSSR count). The molecule has 7 nitrogen and oxygen atoms in total. The Hall–Kier alpha value is -2.83. The van der Waals surface area contributed by atoms with Crippen molar-refractivity contribution in [3.05, 3.63) is 47.3 Å². The van der Waals surface area contributed by atoms with Crippen LogP contribution >= 0.6 is 0 Å². The van der Waals surface area contributed by atoms with Crippen LogP contribution in [0, 0.1) is 6.92 Å². The van der Waals surface area contributed by atoms with E-state index in [2.05, 4.69) is 42.0 Å². The summed E-state index contributed by atoms with van der Waals surface area (Å²) in [5.41, 5.74) is 2.42. The fraction of sp³-hybridized carbons (Fsp3) is 0.389. The summed E-state index contributed by atoms with van der Waals surface area (Å²) in [6, 6.07) is 8.44. The lowest BCUT2D eigenvalue weighted by Gasteiger charge is -2.41. The van der Waals surface area contributed by atoms with Crippen molar-refractivity contribution < 1.29 is 14.7 Å². The van der Waals surface area contributed by atoms with Gasteiger partial charge in [-0.15, -0.1) is 0 Å². The molecule has 1 N–H and O–H groups in total. The number of hydrogen-bond donors (Lipinski definition) is 1. The third kappa shape index (κ3) is 3.22. The van der Waals surface area contributed by atoms with Gasteiger partial charge in [-0.2, -0.15) is 5.10 Å². The second-order valence-electron chi connectivity index (χ2n) is 6.47. The lowest BCUT2D eigenvalue weighted by atomic mass is 10.1. The Morgan fingerprint density at radius 2 is 2.04 bits per heavy atom. The Morgan fingerprint density at radius 1 is 1.28 bits per heavy atom. The highest BCUT2D eigenvalue weighted by Crippen LogP contribution is 2.23. The van der Waals surface area contributed by atoms with Crippen molar-refractivity contribution in [1.29, 1.82) is 0 Å². The number of rotatable bonds is 3. The van der Waals surface area contributed by atoms with Gasteiger partial charge in [-0.25, -0.2) is 4.79 Å². The van der Waals surface area contributed by atoms with Gasteiger partial charge in [0, 0.05) is 38.4 Å². The maximum Gasteiger partial charge on any atom is 0.339 e. The molecular weight excluding hydrogens is 320 g/mol. The molecule has 0 saturated carbocycles. The summed E-state index contributed by atoms with van der Waals surface area (Å²) in [4.78, 5) is 28.1. The van der Waals surface area contributed by atoms with Crippen LogP contribution in [-0.4, -0.2) is 57.3 Å². The average molecular weight is 342 g/mol. The maximum absolute atomic E-state index is 12.8. The number of carboxylic acid groups (broad SMARTS) is 1. The van der Waals surface area contributed by atoms with E-state index in [1.54, 1.807) is 11.9 Å². The Morgan fingerprint density at radius 3 is 2.68 bits per heavy atom. The summed E-state index contributed by atoms with van der Waals surface area (Å²) >= 11 is 0. The molecule has 0 radical (unpaired) electrons. The van der Waals surface area contributed by atoms with Gasteiger partial charge in [0.05, 0.1) is 6.20 Å². The van der Waals surface area contributed by atoms with Gasteiger partial charge in [0.2, 0.25) is 0 Å². The summed E-state index contributed by atoms with van der Waals surface area (Å²) in [6.45, 7) is 5.92. The second-order valence-corrected chi connectivity index (χ2v) is 6.47. The Balaban J connectivity index is 1.78. The molecule has 0 spiro atoms. The fourth-order valence-corrected chi connectivity index (χ4v) is 3.33. The minimum Gasteiger partial charge on any atom is -0.478 e. The molecule has 132 valence electrons. The number of anilines is 1. The minimum atomic E-state index is -1.14. The number of carbonyl (C=O) groups excluding carboxylic acids is 1. The normalized spacial score (nSPS) is 17.6. The molecule has 1 amide bonds. The summed E-state index contributed by atoms with van der Waals surface area (Å²) < 4.78 is 1.34. The number of aromatic nitrogens is 2. The molecule has 1 unspecified atom stereocenters. The number of piperazine rings is 1. The van der Waals surface area contributed by atoms with E-state index in [0.29, 0.717) is 19.6 Å². The van der Waals surface area contributed by atoms with Crippen molar-refractivity contribution >= 4 is 17.6 Å². The highest BCUT2D eigenvalue weighted by atomic mass is 16.4. The predicted octanol–water partition coefficient (Wildman–Crippen LogP) is 1.78. The van der Waals surface area contributed by atoms with Crippen LogP contribution in [0.25, 0.3) is 0 Å². The van der Waals surface area contributed by atoms with E-state index in [-0.39, 0.29) is 23.2 Å². The monoisotopic (exact) mass is 342 g/mol. The van der Waals surface area contributed by atoms with Crippen molar-refractivity contribution in [1.82, 2.24) is 14.7 Å². The van der Waals surface area contributed by atoms with Gasteiger partial charge in [0.15, 0.2) is 0 Å². The molecule has 2 aromatic rings. The molecule has 1 saturated heterocycles. The van der Waals surface area contributed by atoms with Crippen LogP contribution < -0.4 is 4.90 Å². The van der Waals surface area contributed by atoms with Crippen LogP contribution in [0.3, 0.4) is 0 Å². The van der Waals surface area contributed by atoms with Crippen LogP contribution in [0.1, 0.15) is 33.3 Å². The van der Waals surface area contributed by atoms with Crippen LogP contribution in [0.5, 0.6) is 0 Å². The van der Waals surface area contributed by atoms with Crippen molar-refractivity contribution in [3.63, 3.8) is 0 Å². The van der Waals surface area contributed by atoms with Gasteiger partial charge in [-0.1, -0.05) is 12.1 Å². The maximum atomic E-state index is 12.8. The number of aromatic carboxylic acids is 1. The number of amides is 1. The van der Waals surface area contributed by atoms with Crippen LogP contribution in [-0.2, 0) is 7.05 Å². The SMILES string of the molecule is Cc1cccc(N2CCN(C(=O)c3c(C(=O)O)cnn3C)CC2C)c1. The zero-order chi connectivity index (χ0) is 18.1. The number of benzene rings is 1. The standard InChI is InChI=1S/C18H22N4O3/c1-12-5-4-6-14(9-12)22-8-7-21(11-13(22)2)17(23)16-15(18(24)25)10-19-20(16)3/h4-6,9-10,13H,7-8,11H2,1-3H3,(H,24,25). The van der Waals surface area contributed by atoms with E-state index in [1.165, 1.54) is 16.4 Å². The summed E-state index contributed by atoms with van der Waals surface area (Å²) in [5, 5.41) is 13.2. The molecule has 1 aromatic heterocycles. The molecule has 1 aliphatic heterocycles. The Kier molecular flexibility index (Phi) is 4.48. The smallest absolute Gasteiger partial charge is 0.339 e. The molecule has 0 aliphatic carbocycles. The molecule has 25 heavy (non-hydrogen) atoms. The number of hydrogen-bond acceptors (Lipinski definition) is 4. The molecule has 0 bridgehead atoms. The largest absolute Gasteiger partial charge is 0.478 e. The van der Waals surface area contributed by atoms with E-state index in [1.807, 2.05) is 6.07 Å². The Labute approximate surface area is 146 Å². The average Bonchev–Trinajstić information content (AvgIpc) is 2.96. The van der Waals surface area contributed by atoms with Crippen LogP contribution in [0.4, 0.5) is 5.69 Å². The van der Waals surface area contributed by atoms with Crippen molar-refractivity contribution in [2.75, 3.05) is 24.5 Å². The van der Waals surface area contributed by atoms with Gasteiger partial charge >= 0.3 is 5.97 Å². The zero-order valence-electron chi connectivity index (χ0n) is 14.6. The van der Waals surface area contributed by atoms with Crippen molar-refractivity contribution in [3.8, 4) is 0 Å². The first-order chi connectivity index (χ1) is 11.9. The van der Waals surface area contributed by atoms with E-state index >= 15 is 0 Å². The molecule has 7 heteroatoms. The molecule has 1 aromatic carbocycles. The number of carboxylic acids is 1. The fourth-order valence-electron chi connectivity index (χ4n) is 3.33. The number of nitrogens with zero attached hydrogens (tertiary/aromatic N) is 4. The van der Waals surface area contributed by atoms with E-state index < -0.39 is 5.97 Å². The van der Waals surface area contributed by atoms with Crippen LogP contribution in [0.2, 0.25) is 0 Å². The lowest BCUT2D eigenvalue weighted by Crippen LogP contribution is -2.54. The summed E-state index contributed by atoms with van der Waals surface area (Å²) in [6.07, 6.45) is 1.22. The summed E-state index contributed by atoms with van der Waals surface area (Å²) in [5.74, 6) is -1.42. The molecule has 1 atom stereocenters. The number of aryl methyl sites for hydroxylation is 2. The van der Waals surface area contributed by atoms with E-state index in [4.69, 9.17) is 0 Å². The van der Waals surface area contributed by atoms with Crippen LogP contribution in [0.15, 0.2) is 30.5 Å². The van der Waals surface area contributed by atoms with Gasteiger partial charge in [0.25, 0.3) is 5.91 Å². The Bertz CT molecular complexity index is 814. The zero-order valence-corrected chi connectivity index (χ0v) is 14.6. The third-order valence-electron chi connectivity index (χ3n) is 4.62. The van der Waals surface area contributed by atoms with Crippen molar-refractivity contribution in [2.24, 2.45) is 7.05 Å². The van der Waals surface area contributed by atoms with E-state index in [0.717, 1.165) is 5.69 Å². The highest BCUT2D eigenvalue weighted by molar-refractivity contribution is 6.03. The van der Waals surface area contributed by atoms with E-state index in [9.17, 15) is 14.7 Å².